The lowest BCUT2D eigenvalue weighted by Crippen LogP contribution is -2.38. The minimum atomic E-state index is -0.134. The molecule has 0 aromatic carbocycles. The molecule has 3 atom stereocenters. The fraction of sp³-hybridized carbons (Fsp3) is 0.852. The molecule has 172 valence electrons. The van der Waals surface area contributed by atoms with Gasteiger partial charge in [0.25, 0.3) is 0 Å². The van der Waals surface area contributed by atoms with Crippen molar-refractivity contribution in [1.29, 1.82) is 0 Å². The van der Waals surface area contributed by atoms with E-state index in [1.807, 2.05) is 7.05 Å². The summed E-state index contributed by atoms with van der Waals surface area (Å²) < 4.78 is 6.34. The normalized spacial score (nSPS) is 16.5. The second kappa shape index (κ2) is 14.4. The Bertz CT molecular complexity index is 463. The van der Waals surface area contributed by atoms with Gasteiger partial charge in [0.05, 0.1) is 5.60 Å². The van der Waals surface area contributed by atoms with E-state index in [9.17, 15) is 0 Å². The van der Waals surface area contributed by atoms with Gasteiger partial charge >= 0.3 is 0 Å². The molecule has 0 bridgehead atoms. The largest absolute Gasteiger partial charge is 0.375 e. The van der Waals surface area contributed by atoms with Crippen LogP contribution in [-0.4, -0.2) is 24.8 Å². The molecule has 29 heavy (non-hydrogen) atoms. The van der Waals surface area contributed by atoms with Gasteiger partial charge in [0.2, 0.25) is 0 Å². The first-order valence-electron chi connectivity index (χ1n) is 12.1. The average molecular weight is 408 g/mol. The van der Waals surface area contributed by atoms with Gasteiger partial charge in [-0.25, -0.2) is 0 Å². The third-order valence-corrected chi connectivity index (χ3v) is 6.73. The zero-order valence-corrected chi connectivity index (χ0v) is 21.4. The highest BCUT2D eigenvalue weighted by Gasteiger charge is 2.24. The van der Waals surface area contributed by atoms with Gasteiger partial charge in [-0.2, -0.15) is 0 Å². The van der Waals surface area contributed by atoms with Gasteiger partial charge in [-0.05, 0) is 84.6 Å². The lowest BCUT2D eigenvalue weighted by Gasteiger charge is -2.31. The second-order valence-corrected chi connectivity index (χ2v) is 10.4. The highest BCUT2D eigenvalue weighted by Crippen LogP contribution is 2.30. The van der Waals surface area contributed by atoms with Crippen LogP contribution < -0.4 is 5.32 Å². The van der Waals surface area contributed by atoms with Crippen molar-refractivity contribution in [2.75, 3.05) is 13.7 Å². The van der Waals surface area contributed by atoms with Crippen LogP contribution >= 0.6 is 0 Å². The summed E-state index contributed by atoms with van der Waals surface area (Å²) in [6.07, 6.45) is 14.1. The molecule has 0 aliphatic carbocycles. The Morgan fingerprint density at radius 1 is 1.10 bits per heavy atom. The predicted octanol–water partition coefficient (Wildman–Crippen LogP) is 7.94. The van der Waals surface area contributed by atoms with Crippen LogP contribution in [0.5, 0.6) is 0 Å². The quantitative estimate of drug-likeness (QED) is 0.247. The number of hydrogen-bond acceptors (Lipinski definition) is 2. The van der Waals surface area contributed by atoms with Crippen LogP contribution in [0.1, 0.15) is 107 Å². The van der Waals surface area contributed by atoms with E-state index in [1.54, 1.807) is 5.57 Å². The Morgan fingerprint density at radius 3 is 2.28 bits per heavy atom. The summed E-state index contributed by atoms with van der Waals surface area (Å²) in [5.41, 5.74) is 1.53. The lowest BCUT2D eigenvalue weighted by molar-refractivity contribution is -0.0256. The highest BCUT2D eigenvalue weighted by molar-refractivity contribution is 5.10. The van der Waals surface area contributed by atoms with Crippen molar-refractivity contribution < 1.29 is 4.74 Å². The van der Waals surface area contributed by atoms with Crippen LogP contribution in [0.25, 0.3) is 0 Å². The Labute approximate surface area is 184 Å². The summed E-state index contributed by atoms with van der Waals surface area (Å²) in [6, 6.07) is 0. The maximum Gasteiger partial charge on any atom is 0.0663 e. The van der Waals surface area contributed by atoms with Crippen LogP contribution in [0.15, 0.2) is 24.3 Å². The minimum Gasteiger partial charge on any atom is -0.375 e. The first kappa shape index (κ1) is 28.4. The molecule has 0 saturated carbocycles. The van der Waals surface area contributed by atoms with Crippen molar-refractivity contribution in [2.45, 2.75) is 118 Å². The maximum atomic E-state index is 6.34. The van der Waals surface area contributed by atoms with E-state index >= 15 is 0 Å². The van der Waals surface area contributed by atoms with Gasteiger partial charge in [-0.15, -0.1) is 6.58 Å². The summed E-state index contributed by atoms with van der Waals surface area (Å²) in [7, 11) is 2.02. The molecular weight excluding hydrogens is 354 g/mol. The van der Waals surface area contributed by atoms with Crippen molar-refractivity contribution in [3.63, 3.8) is 0 Å². The molecule has 0 aromatic heterocycles. The monoisotopic (exact) mass is 407 g/mol. The van der Waals surface area contributed by atoms with Crippen LogP contribution in [0.2, 0.25) is 0 Å². The summed E-state index contributed by atoms with van der Waals surface area (Å²) in [5.74, 6) is 2.22. The van der Waals surface area contributed by atoms with Crippen molar-refractivity contribution in [1.82, 2.24) is 5.32 Å². The molecule has 0 aliphatic rings. The summed E-state index contributed by atoms with van der Waals surface area (Å²) in [4.78, 5) is 0. The molecule has 0 aromatic rings. The predicted molar refractivity (Wildman–Crippen MR) is 132 cm³/mol. The molecule has 0 heterocycles. The standard InChI is InChI=1S/C27H53NO/c1-11-15-23(5)25(18-14-17-24(16-12-2)22(4)13-3)21-27(8,9)29-20-19-26(6,7)28-10/h11,18,22-24,28H,1,12-17,19-21H2,2-10H3/b25-18-. The number of ether oxygens (including phenoxy) is 1. The molecule has 0 amide bonds. The molecule has 0 rings (SSSR count). The number of nitrogens with one attached hydrogen (secondary N) is 1. The molecule has 0 fully saturated rings. The topological polar surface area (TPSA) is 21.3 Å². The number of rotatable bonds is 17. The molecule has 3 unspecified atom stereocenters. The minimum absolute atomic E-state index is 0.120. The van der Waals surface area contributed by atoms with Gasteiger partial charge < -0.3 is 10.1 Å². The molecular formula is C27H53NO. The Kier molecular flexibility index (Phi) is 14.1. The fourth-order valence-electron chi connectivity index (χ4n) is 4.00. The number of hydrogen-bond donors (Lipinski definition) is 1. The summed E-state index contributed by atoms with van der Waals surface area (Å²) in [5, 5.41) is 3.36. The maximum absolute atomic E-state index is 6.34. The molecule has 2 nitrogen and oxygen atoms in total. The molecule has 0 spiro atoms. The van der Waals surface area contributed by atoms with Crippen molar-refractivity contribution in [2.24, 2.45) is 17.8 Å². The number of allylic oxidation sites excluding steroid dienone is 2. The molecule has 2 heteroatoms. The van der Waals surface area contributed by atoms with Gasteiger partial charge in [-0.3, -0.25) is 0 Å². The summed E-state index contributed by atoms with van der Waals surface area (Å²) >= 11 is 0. The molecule has 0 saturated heterocycles. The first-order valence-corrected chi connectivity index (χ1v) is 12.1. The zero-order valence-electron chi connectivity index (χ0n) is 21.4. The Hall–Kier alpha value is -0.600. The van der Waals surface area contributed by atoms with E-state index in [2.05, 4.69) is 79.4 Å². The van der Waals surface area contributed by atoms with E-state index < -0.39 is 0 Å². The van der Waals surface area contributed by atoms with Gasteiger partial charge in [0.1, 0.15) is 0 Å². The zero-order chi connectivity index (χ0) is 22.5. The Balaban J connectivity index is 5.02. The van der Waals surface area contributed by atoms with E-state index in [-0.39, 0.29) is 11.1 Å². The fourth-order valence-corrected chi connectivity index (χ4v) is 4.00. The van der Waals surface area contributed by atoms with E-state index in [0.717, 1.165) is 37.7 Å². The van der Waals surface area contributed by atoms with Crippen molar-refractivity contribution in [3.8, 4) is 0 Å². The van der Waals surface area contributed by atoms with E-state index in [0.29, 0.717) is 5.92 Å². The van der Waals surface area contributed by atoms with Gasteiger partial charge in [0, 0.05) is 12.1 Å². The molecule has 1 N–H and O–H groups in total. The van der Waals surface area contributed by atoms with Crippen molar-refractivity contribution >= 4 is 0 Å². The third kappa shape index (κ3) is 12.6. The smallest absolute Gasteiger partial charge is 0.0663 e. The third-order valence-electron chi connectivity index (χ3n) is 6.73. The lowest BCUT2D eigenvalue weighted by atomic mass is 9.83. The SMILES string of the molecule is C=CCC(C)/C(=C\CCC(CCC)C(C)CC)CC(C)(C)OCCC(C)(C)NC. The van der Waals surface area contributed by atoms with E-state index in [1.165, 1.54) is 32.1 Å². The van der Waals surface area contributed by atoms with Crippen LogP contribution in [-0.2, 0) is 4.74 Å². The van der Waals surface area contributed by atoms with Crippen LogP contribution in [0, 0.1) is 17.8 Å². The van der Waals surface area contributed by atoms with Crippen molar-refractivity contribution in [3.05, 3.63) is 24.3 Å². The average Bonchev–Trinajstić information content (AvgIpc) is 2.65. The first-order chi connectivity index (χ1) is 13.5. The van der Waals surface area contributed by atoms with Crippen LogP contribution in [0.4, 0.5) is 0 Å². The highest BCUT2D eigenvalue weighted by atomic mass is 16.5. The Morgan fingerprint density at radius 2 is 1.76 bits per heavy atom. The van der Waals surface area contributed by atoms with E-state index in [4.69, 9.17) is 4.74 Å². The van der Waals surface area contributed by atoms with Crippen LogP contribution in [0.3, 0.4) is 0 Å². The van der Waals surface area contributed by atoms with Gasteiger partial charge in [-0.1, -0.05) is 64.7 Å². The molecule has 0 aliphatic heterocycles. The summed E-state index contributed by atoms with van der Waals surface area (Å²) in [6.45, 7) is 23.1. The van der Waals surface area contributed by atoms with Gasteiger partial charge in [0.15, 0.2) is 0 Å². The molecule has 0 radical (unpaired) electrons. The second-order valence-electron chi connectivity index (χ2n) is 10.4.